The predicted molar refractivity (Wildman–Crippen MR) is 72.8 cm³/mol. The minimum atomic E-state index is -0.581. The van der Waals surface area contributed by atoms with Gasteiger partial charge in [0.2, 0.25) is 0 Å². The molecule has 1 unspecified atom stereocenters. The molecule has 0 saturated carbocycles. The predicted octanol–water partition coefficient (Wildman–Crippen LogP) is 2.37. The quantitative estimate of drug-likeness (QED) is 0.872. The second-order valence-corrected chi connectivity index (χ2v) is 4.50. The first-order valence-corrected chi connectivity index (χ1v) is 5.89. The van der Waals surface area contributed by atoms with Crippen LogP contribution in [0.15, 0.2) is 29.6 Å². The van der Waals surface area contributed by atoms with Gasteiger partial charge in [-0.15, -0.1) is 23.7 Å². The highest BCUT2D eigenvalue weighted by Gasteiger charge is 2.16. The number of methoxy groups -OCH3 is 1. The summed E-state index contributed by atoms with van der Waals surface area (Å²) in [5.74, 6) is -0.365. The number of esters is 1. The molecule has 0 spiro atoms. The number of carbonyl (C=O) groups excluding carboxylic acids is 1. The minimum Gasteiger partial charge on any atom is -0.468 e. The van der Waals surface area contributed by atoms with E-state index in [1.165, 1.54) is 17.2 Å². The molecule has 0 aliphatic rings. The molecule has 0 aliphatic carbocycles. The second-order valence-electron chi connectivity index (χ2n) is 3.59. The number of nitrogens with two attached hydrogens (primary N) is 1. The van der Waals surface area contributed by atoms with Crippen LogP contribution in [-0.4, -0.2) is 19.1 Å². The smallest absolute Gasteiger partial charge is 0.322 e. The van der Waals surface area contributed by atoms with Gasteiger partial charge in [-0.25, -0.2) is 0 Å². The molecule has 0 aliphatic heterocycles. The van der Waals surface area contributed by atoms with Gasteiger partial charge in [-0.05, 0) is 28.8 Å². The van der Waals surface area contributed by atoms with Crippen molar-refractivity contribution in [2.45, 2.75) is 12.5 Å². The summed E-state index contributed by atoms with van der Waals surface area (Å²) in [7, 11) is 1.36. The average molecular weight is 272 g/mol. The van der Waals surface area contributed by atoms with Crippen LogP contribution in [0.4, 0.5) is 0 Å². The summed E-state index contributed by atoms with van der Waals surface area (Å²) in [6.07, 6.45) is 0.524. The lowest BCUT2D eigenvalue weighted by molar-refractivity contribution is -0.142. The zero-order valence-electron chi connectivity index (χ0n) is 9.38. The lowest BCUT2D eigenvalue weighted by Gasteiger charge is -2.07. The summed E-state index contributed by atoms with van der Waals surface area (Å²) in [6.45, 7) is 0. The lowest BCUT2D eigenvalue weighted by atomic mass is 10.1. The largest absolute Gasteiger partial charge is 0.468 e. The van der Waals surface area contributed by atoms with Gasteiger partial charge in [-0.3, -0.25) is 4.79 Å². The molecule has 92 valence electrons. The third-order valence-corrected chi connectivity index (χ3v) is 3.52. The third kappa shape index (κ3) is 2.97. The number of carbonyl (C=O) groups is 1. The van der Waals surface area contributed by atoms with Crippen molar-refractivity contribution in [3.63, 3.8) is 0 Å². The zero-order chi connectivity index (χ0) is 11.5. The molecule has 3 nitrogen and oxygen atoms in total. The van der Waals surface area contributed by atoms with Crippen LogP contribution in [0, 0.1) is 0 Å². The van der Waals surface area contributed by atoms with Gasteiger partial charge >= 0.3 is 5.97 Å². The van der Waals surface area contributed by atoms with E-state index < -0.39 is 6.04 Å². The Labute approximate surface area is 110 Å². The van der Waals surface area contributed by atoms with Gasteiger partial charge in [0, 0.05) is 4.70 Å². The molecule has 2 rings (SSSR count). The maximum Gasteiger partial charge on any atom is 0.322 e. The van der Waals surface area contributed by atoms with Gasteiger partial charge in [0.25, 0.3) is 0 Å². The molecule has 5 heteroatoms. The van der Waals surface area contributed by atoms with Crippen LogP contribution < -0.4 is 5.73 Å². The number of rotatable bonds is 3. The molecule has 0 fully saturated rings. The molecule has 1 aromatic heterocycles. The Kier molecular flexibility index (Phi) is 4.93. The molecule has 17 heavy (non-hydrogen) atoms. The van der Waals surface area contributed by atoms with Gasteiger partial charge in [0.1, 0.15) is 6.04 Å². The molecule has 0 saturated heterocycles. The van der Waals surface area contributed by atoms with Crippen molar-refractivity contribution < 1.29 is 9.53 Å². The van der Waals surface area contributed by atoms with Crippen LogP contribution in [0.5, 0.6) is 0 Å². The summed E-state index contributed by atoms with van der Waals surface area (Å²) in [5.41, 5.74) is 6.85. The molecule has 2 aromatic rings. The number of thiophene rings is 1. The Morgan fingerprint density at radius 3 is 2.88 bits per heavy atom. The van der Waals surface area contributed by atoms with Crippen LogP contribution in [-0.2, 0) is 16.0 Å². The first-order chi connectivity index (χ1) is 7.72. The number of ether oxygens (including phenoxy) is 1. The van der Waals surface area contributed by atoms with Crippen molar-refractivity contribution in [2.24, 2.45) is 5.73 Å². The Balaban J connectivity index is 0.00000144. The van der Waals surface area contributed by atoms with Crippen molar-refractivity contribution >= 4 is 39.8 Å². The van der Waals surface area contributed by atoms with Crippen LogP contribution in [0.25, 0.3) is 10.1 Å². The second kappa shape index (κ2) is 6.00. The molecule has 1 heterocycles. The van der Waals surface area contributed by atoms with Gasteiger partial charge in [-0.2, -0.15) is 0 Å². The van der Waals surface area contributed by atoms with E-state index in [2.05, 4.69) is 10.8 Å². The molecule has 0 amide bonds. The fraction of sp³-hybridized carbons (Fsp3) is 0.250. The van der Waals surface area contributed by atoms with Crippen LogP contribution in [0.3, 0.4) is 0 Å². The zero-order valence-corrected chi connectivity index (χ0v) is 11.0. The van der Waals surface area contributed by atoms with E-state index in [1.54, 1.807) is 11.3 Å². The van der Waals surface area contributed by atoms with E-state index >= 15 is 0 Å². The SMILES string of the molecule is COC(=O)C(N)Cc1csc2ccccc12.Cl. The van der Waals surface area contributed by atoms with Gasteiger partial charge in [-0.1, -0.05) is 18.2 Å². The Morgan fingerprint density at radius 1 is 1.47 bits per heavy atom. The minimum absolute atomic E-state index is 0. The number of benzene rings is 1. The van der Waals surface area contributed by atoms with Crippen LogP contribution >= 0.6 is 23.7 Å². The Hall–Kier alpha value is -1.10. The van der Waals surface area contributed by atoms with Crippen LogP contribution in [0.1, 0.15) is 5.56 Å². The number of hydrogen-bond donors (Lipinski definition) is 1. The van der Waals surface area contributed by atoms with E-state index in [0.717, 1.165) is 5.56 Å². The summed E-state index contributed by atoms with van der Waals surface area (Å²) in [5, 5.41) is 3.22. The lowest BCUT2D eigenvalue weighted by Crippen LogP contribution is -2.33. The van der Waals surface area contributed by atoms with Gasteiger partial charge in [0.15, 0.2) is 0 Å². The van der Waals surface area contributed by atoms with E-state index in [9.17, 15) is 4.79 Å². The fourth-order valence-electron chi connectivity index (χ4n) is 1.66. The number of halogens is 1. The Bertz CT molecular complexity index is 512. The van der Waals surface area contributed by atoms with Crippen molar-refractivity contribution in [1.29, 1.82) is 0 Å². The molecule has 2 N–H and O–H groups in total. The standard InChI is InChI=1S/C12H13NO2S.ClH/c1-15-12(14)10(13)6-8-7-16-11-5-3-2-4-9(8)11;/h2-5,7,10H,6,13H2,1H3;1H. The van der Waals surface area contributed by atoms with Crippen molar-refractivity contribution in [1.82, 2.24) is 0 Å². The maximum absolute atomic E-state index is 11.2. The van der Waals surface area contributed by atoms with E-state index in [-0.39, 0.29) is 18.4 Å². The normalized spacial score (nSPS) is 11.9. The fourth-order valence-corrected chi connectivity index (χ4v) is 2.64. The first-order valence-electron chi connectivity index (χ1n) is 5.01. The molecular formula is C12H14ClNO2S. The molecular weight excluding hydrogens is 258 g/mol. The summed E-state index contributed by atoms with van der Waals surface area (Å²) >= 11 is 1.67. The monoisotopic (exact) mass is 271 g/mol. The molecule has 1 aromatic carbocycles. The highest BCUT2D eigenvalue weighted by molar-refractivity contribution is 7.17. The van der Waals surface area contributed by atoms with Crippen molar-refractivity contribution in [3.05, 3.63) is 35.2 Å². The maximum atomic E-state index is 11.2. The van der Waals surface area contributed by atoms with E-state index in [1.807, 2.05) is 23.6 Å². The highest BCUT2D eigenvalue weighted by atomic mass is 35.5. The highest BCUT2D eigenvalue weighted by Crippen LogP contribution is 2.26. The van der Waals surface area contributed by atoms with Crippen molar-refractivity contribution in [3.8, 4) is 0 Å². The van der Waals surface area contributed by atoms with E-state index in [0.29, 0.717) is 6.42 Å². The molecule has 0 radical (unpaired) electrons. The Morgan fingerprint density at radius 2 is 2.18 bits per heavy atom. The molecule has 1 atom stereocenters. The molecule has 0 bridgehead atoms. The topological polar surface area (TPSA) is 52.3 Å². The first kappa shape index (κ1) is 14.0. The summed E-state index contributed by atoms with van der Waals surface area (Å²) in [4.78, 5) is 11.2. The van der Waals surface area contributed by atoms with Gasteiger partial charge in [0.05, 0.1) is 7.11 Å². The average Bonchev–Trinajstić information content (AvgIpc) is 2.72. The van der Waals surface area contributed by atoms with Gasteiger partial charge < -0.3 is 10.5 Å². The van der Waals surface area contributed by atoms with Crippen molar-refractivity contribution in [2.75, 3.05) is 7.11 Å². The summed E-state index contributed by atoms with van der Waals surface area (Å²) < 4.78 is 5.83. The third-order valence-electron chi connectivity index (χ3n) is 2.50. The van der Waals surface area contributed by atoms with Crippen LogP contribution in [0.2, 0.25) is 0 Å². The number of fused-ring (bicyclic) bond motifs is 1. The summed E-state index contributed by atoms with van der Waals surface area (Å²) in [6, 6.07) is 7.52. The number of hydrogen-bond acceptors (Lipinski definition) is 4. The van der Waals surface area contributed by atoms with E-state index in [4.69, 9.17) is 5.73 Å².